The summed E-state index contributed by atoms with van der Waals surface area (Å²) in [4.78, 5) is 38.0. The van der Waals surface area contributed by atoms with Crippen LogP contribution in [0.2, 0.25) is 0 Å². The van der Waals surface area contributed by atoms with Crippen LogP contribution in [0, 0.1) is 16.0 Å². The number of anilines is 1. The predicted octanol–water partition coefficient (Wildman–Crippen LogP) is 4.25. The molecule has 164 valence electrons. The molecule has 0 aromatic heterocycles. The van der Waals surface area contributed by atoms with Gasteiger partial charge in [0.2, 0.25) is 5.91 Å². The lowest BCUT2D eigenvalue weighted by Gasteiger charge is -2.31. The molecule has 32 heavy (non-hydrogen) atoms. The van der Waals surface area contributed by atoms with E-state index in [4.69, 9.17) is 4.74 Å². The number of piperidine rings is 1. The second-order valence-corrected chi connectivity index (χ2v) is 7.72. The molecule has 0 bridgehead atoms. The van der Waals surface area contributed by atoms with E-state index in [-0.39, 0.29) is 23.4 Å². The van der Waals surface area contributed by atoms with Crippen LogP contribution in [-0.4, -0.2) is 41.8 Å². The molecule has 1 aliphatic rings. The molecule has 4 rings (SSSR count). The van der Waals surface area contributed by atoms with E-state index in [0.29, 0.717) is 42.9 Å². The number of ether oxygens (including phenoxy) is 1. The summed E-state index contributed by atoms with van der Waals surface area (Å²) in [7, 11) is 1.60. The summed E-state index contributed by atoms with van der Waals surface area (Å²) in [6.45, 7) is 0.929. The van der Waals surface area contributed by atoms with E-state index in [1.54, 1.807) is 30.2 Å². The third-order valence-corrected chi connectivity index (χ3v) is 5.81. The highest BCUT2D eigenvalue weighted by molar-refractivity contribution is 6.08. The minimum atomic E-state index is -0.497. The van der Waals surface area contributed by atoms with E-state index in [9.17, 15) is 19.7 Å². The number of amides is 2. The van der Waals surface area contributed by atoms with Crippen molar-refractivity contribution in [1.29, 1.82) is 0 Å². The zero-order chi connectivity index (χ0) is 22.7. The standard InChI is InChI=1S/C24H23N3O5/c1-32-22-10-9-21(19-7-2-3-8-20(19)22)24(29)26-13-11-16(12-14-26)23(28)25-17-5-4-6-18(15-17)27(30)31/h2-10,15-16H,11-14H2,1H3,(H,25,28). The Labute approximate surface area is 184 Å². The van der Waals surface area contributed by atoms with Crippen LogP contribution in [0.5, 0.6) is 5.75 Å². The molecular formula is C24H23N3O5. The lowest BCUT2D eigenvalue weighted by atomic mass is 9.94. The quantitative estimate of drug-likeness (QED) is 0.479. The minimum absolute atomic E-state index is 0.0682. The molecule has 2 amide bonds. The summed E-state index contributed by atoms with van der Waals surface area (Å²) in [5.41, 5.74) is 0.934. The molecule has 1 aliphatic heterocycles. The Kier molecular flexibility index (Phi) is 6.02. The fourth-order valence-electron chi connectivity index (χ4n) is 4.09. The van der Waals surface area contributed by atoms with Crippen molar-refractivity contribution in [3.05, 3.63) is 76.3 Å². The average molecular weight is 433 g/mol. The molecule has 0 atom stereocenters. The van der Waals surface area contributed by atoms with Crippen LogP contribution in [0.3, 0.4) is 0 Å². The van der Waals surface area contributed by atoms with Gasteiger partial charge >= 0.3 is 0 Å². The minimum Gasteiger partial charge on any atom is -0.496 e. The van der Waals surface area contributed by atoms with Gasteiger partial charge in [-0.2, -0.15) is 0 Å². The number of nitro groups is 1. The highest BCUT2D eigenvalue weighted by Crippen LogP contribution is 2.30. The van der Waals surface area contributed by atoms with Crippen LogP contribution < -0.4 is 10.1 Å². The number of carbonyl (C=O) groups excluding carboxylic acids is 2. The Morgan fingerprint density at radius 3 is 2.44 bits per heavy atom. The van der Waals surface area contributed by atoms with Gasteiger partial charge in [-0.05, 0) is 36.4 Å². The van der Waals surface area contributed by atoms with Crippen molar-refractivity contribution in [2.75, 3.05) is 25.5 Å². The van der Waals surface area contributed by atoms with Gasteiger partial charge in [-0.25, -0.2) is 0 Å². The molecule has 8 heteroatoms. The van der Waals surface area contributed by atoms with Crippen molar-refractivity contribution in [1.82, 2.24) is 4.90 Å². The van der Waals surface area contributed by atoms with E-state index in [1.807, 2.05) is 24.3 Å². The molecule has 1 heterocycles. The highest BCUT2D eigenvalue weighted by atomic mass is 16.6. The molecule has 0 unspecified atom stereocenters. The zero-order valence-electron chi connectivity index (χ0n) is 17.6. The van der Waals surface area contributed by atoms with Gasteiger partial charge in [-0.3, -0.25) is 19.7 Å². The van der Waals surface area contributed by atoms with Crippen LogP contribution >= 0.6 is 0 Å². The summed E-state index contributed by atoms with van der Waals surface area (Å²) >= 11 is 0. The summed E-state index contributed by atoms with van der Waals surface area (Å²) < 4.78 is 5.41. The van der Waals surface area contributed by atoms with Crippen molar-refractivity contribution < 1.29 is 19.2 Å². The molecule has 8 nitrogen and oxygen atoms in total. The number of hydrogen-bond acceptors (Lipinski definition) is 5. The molecule has 0 aliphatic carbocycles. The number of methoxy groups -OCH3 is 1. The smallest absolute Gasteiger partial charge is 0.271 e. The number of nitro benzene ring substituents is 1. The van der Waals surface area contributed by atoms with Gasteiger partial charge < -0.3 is 15.0 Å². The Morgan fingerprint density at radius 1 is 1.03 bits per heavy atom. The predicted molar refractivity (Wildman–Crippen MR) is 121 cm³/mol. The number of fused-ring (bicyclic) bond motifs is 1. The first kappa shape index (κ1) is 21.3. The second kappa shape index (κ2) is 9.05. The lowest BCUT2D eigenvalue weighted by molar-refractivity contribution is -0.384. The molecular weight excluding hydrogens is 410 g/mol. The molecule has 1 N–H and O–H groups in total. The Bertz CT molecular complexity index is 1190. The van der Waals surface area contributed by atoms with Gasteiger partial charge in [-0.15, -0.1) is 0 Å². The maximum Gasteiger partial charge on any atom is 0.271 e. The van der Waals surface area contributed by atoms with Crippen LogP contribution in [0.25, 0.3) is 10.8 Å². The molecule has 0 radical (unpaired) electrons. The van der Waals surface area contributed by atoms with E-state index < -0.39 is 4.92 Å². The molecule has 3 aromatic carbocycles. The maximum atomic E-state index is 13.2. The number of carbonyl (C=O) groups is 2. The second-order valence-electron chi connectivity index (χ2n) is 7.72. The van der Waals surface area contributed by atoms with E-state index in [2.05, 4.69) is 5.32 Å². The highest BCUT2D eigenvalue weighted by Gasteiger charge is 2.29. The topological polar surface area (TPSA) is 102 Å². The van der Waals surface area contributed by atoms with Crippen LogP contribution in [0.15, 0.2) is 60.7 Å². The van der Waals surface area contributed by atoms with E-state index >= 15 is 0 Å². The SMILES string of the molecule is COc1ccc(C(=O)N2CCC(C(=O)Nc3cccc([N+](=O)[O-])c3)CC2)c2ccccc12. The summed E-state index contributed by atoms with van der Waals surface area (Å²) in [5.74, 6) is 0.202. The number of nitrogens with one attached hydrogen (secondary N) is 1. The summed E-state index contributed by atoms with van der Waals surface area (Å²) in [6.07, 6.45) is 1.06. The molecule has 0 spiro atoms. The largest absolute Gasteiger partial charge is 0.496 e. The Morgan fingerprint density at radius 2 is 1.75 bits per heavy atom. The van der Waals surface area contributed by atoms with E-state index in [0.717, 1.165) is 10.8 Å². The Hall–Kier alpha value is -3.94. The third-order valence-electron chi connectivity index (χ3n) is 5.81. The number of likely N-dealkylation sites (tertiary alicyclic amines) is 1. The lowest BCUT2D eigenvalue weighted by Crippen LogP contribution is -2.41. The van der Waals surface area contributed by atoms with Crippen molar-refractivity contribution in [2.45, 2.75) is 12.8 Å². The fraction of sp³-hybridized carbons (Fsp3) is 0.250. The van der Waals surface area contributed by atoms with Gasteiger partial charge in [0.25, 0.3) is 11.6 Å². The van der Waals surface area contributed by atoms with Crippen molar-refractivity contribution in [2.24, 2.45) is 5.92 Å². The fourth-order valence-corrected chi connectivity index (χ4v) is 4.09. The first-order valence-electron chi connectivity index (χ1n) is 10.4. The number of hydrogen-bond donors (Lipinski definition) is 1. The third kappa shape index (κ3) is 4.25. The number of rotatable bonds is 5. The van der Waals surface area contributed by atoms with Crippen molar-refractivity contribution in [3.63, 3.8) is 0 Å². The first-order chi connectivity index (χ1) is 15.5. The monoisotopic (exact) mass is 433 g/mol. The number of nitrogens with zero attached hydrogens (tertiary/aromatic N) is 2. The number of non-ortho nitro benzene ring substituents is 1. The summed E-state index contributed by atoms with van der Waals surface area (Å²) in [6, 6.07) is 17.1. The van der Waals surface area contributed by atoms with Gasteiger partial charge in [-0.1, -0.05) is 30.3 Å². The van der Waals surface area contributed by atoms with Crippen molar-refractivity contribution in [3.8, 4) is 5.75 Å². The maximum absolute atomic E-state index is 13.2. The van der Waals surface area contributed by atoms with Gasteiger partial charge in [0.1, 0.15) is 5.75 Å². The molecule has 3 aromatic rings. The van der Waals surface area contributed by atoms with Crippen molar-refractivity contribution >= 4 is 34.0 Å². The first-order valence-corrected chi connectivity index (χ1v) is 10.4. The van der Waals surface area contributed by atoms with Gasteiger partial charge in [0.05, 0.1) is 12.0 Å². The normalized spacial score (nSPS) is 14.2. The van der Waals surface area contributed by atoms with E-state index in [1.165, 1.54) is 18.2 Å². The average Bonchev–Trinajstić information content (AvgIpc) is 2.83. The Balaban J connectivity index is 1.42. The van der Waals surface area contributed by atoms with Crippen LogP contribution in [-0.2, 0) is 4.79 Å². The summed E-state index contributed by atoms with van der Waals surface area (Å²) in [5, 5.41) is 15.4. The van der Waals surface area contributed by atoms with Crippen LogP contribution in [0.1, 0.15) is 23.2 Å². The number of benzene rings is 3. The molecule has 1 saturated heterocycles. The van der Waals surface area contributed by atoms with Gasteiger partial charge in [0, 0.05) is 47.8 Å². The zero-order valence-corrected chi connectivity index (χ0v) is 17.6. The van der Waals surface area contributed by atoms with Crippen LogP contribution in [0.4, 0.5) is 11.4 Å². The molecule has 0 saturated carbocycles. The van der Waals surface area contributed by atoms with Gasteiger partial charge in [0.15, 0.2) is 0 Å². The molecule has 1 fully saturated rings.